The third-order valence-electron chi connectivity index (χ3n) is 6.19. The smallest absolute Gasteiger partial charge is 0.261 e. The molecule has 1 aliphatic rings. The summed E-state index contributed by atoms with van der Waals surface area (Å²) < 4.78 is 6.18. The number of nitrogens with one attached hydrogen (secondary N) is 2. The second-order valence-corrected chi connectivity index (χ2v) is 10.9. The van der Waals surface area contributed by atoms with Gasteiger partial charge in [0.05, 0.1) is 23.4 Å². The Balaban J connectivity index is 1.34. The van der Waals surface area contributed by atoms with E-state index in [9.17, 15) is 4.79 Å². The minimum Gasteiger partial charge on any atom is -0.496 e. The lowest BCUT2D eigenvalue weighted by atomic mass is 10.1. The van der Waals surface area contributed by atoms with Crippen LogP contribution in [0.2, 0.25) is 10.0 Å². The highest BCUT2D eigenvalue weighted by Crippen LogP contribution is 2.31. The number of thiocarbonyl (C=S) groups is 1. The number of hydrogen-bond acceptors (Lipinski definition) is 5. The molecule has 1 amide bonds. The average molecular weight is 622 g/mol. The van der Waals surface area contributed by atoms with Gasteiger partial charge in [0.2, 0.25) is 0 Å². The molecule has 0 atom stereocenters. The fourth-order valence-electron chi connectivity index (χ4n) is 4.36. The van der Waals surface area contributed by atoms with Crippen molar-refractivity contribution < 1.29 is 9.53 Å². The van der Waals surface area contributed by atoms with E-state index < -0.39 is 0 Å². The van der Waals surface area contributed by atoms with Crippen LogP contribution in [0, 0.1) is 6.92 Å². The number of anilines is 2. The summed E-state index contributed by atoms with van der Waals surface area (Å²) >= 11 is 21.8. The van der Waals surface area contributed by atoms with Crippen LogP contribution in [0.5, 0.6) is 5.75 Å². The average Bonchev–Trinajstić information content (AvgIpc) is 2.85. The number of hydrogen-bond donors (Lipinski definition) is 2. The van der Waals surface area contributed by atoms with Crippen molar-refractivity contribution in [1.29, 1.82) is 0 Å². The topological polar surface area (TPSA) is 56.8 Å². The first-order valence-corrected chi connectivity index (χ1v) is 13.7. The minimum absolute atomic E-state index is 0.168. The zero-order valence-corrected chi connectivity index (χ0v) is 24.4. The molecular weight excluding hydrogens is 595 g/mol. The first kappa shape index (κ1) is 27.7. The molecule has 194 valence electrons. The highest BCUT2D eigenvalue weighted by atomic mass is 79.9. The monoisotopic (exact) mass is 620 g/mol. The molecule has 0 spiro atoms. The Morgan fingerprint density at radius 1 is 1.05 bits per heavy atom. The van der Waals surface area contributed by atoms with Crippen molar-refractivity contribution in [3.63, 3.8) is 0 Å². The molecular formula is C27H27BrCl2N4O2S. The van der Waals surface area contributed by atoms with Crippen LogP contribution in [0.4, 0.5) is 11.4 Å². The number of carbonyl (C=O) groups is 1. The van der Waals surface area contributed by atoms with Crippen LogP contribution in [-0.4, -0.2) is 49.2 Å². The fourth-order valence-corrected chi connectivity index (χ4v) is 5.64. The van der Waals surface area contributed by atoms with Gasteiger partial charge in [-0.25, -0.2) is 0 Å². The van der Waals surface area contributed by atoms with Crippen LogP contribution in [0.1, 0.15) is 21.5 Å². The number of ether oxygens (including phenoxy) is 1. The van der Waals surface area contributed by atoms with Gasteiger partial charge in [-0.05, 0) is 66.7 Å². The first-order valence-electron chi connectivity index (χ1n) is 11.7. The minimum atomic E-state index is -0.365. The summed E-state index contributed by atoms with van der Waals surface area (Å²) in [4.78, 5) is 17.5. The Bertz CT molecular complexity index is 1320. The molecule has 1 heterocycles. The summed E-state index contributed by atoms with van der Waals surface area (Å²) in [6.07, 6.45) is 0. The highest BCUT2D eigenvalue weighted by Gasteiger charge is 2.21. The molecule has 0 bridgehead atoms. The maximum absolute atomic E-state index is 12.8. The molecule has 3 aromatic carbocycles. The number of halogens is 3. The maximum Gasteiger partial charge on any atom is 0.261 e. The molecule has 4 rings (SSSR count). The van der Waals surface area contributed by atoms with Gasteiger partial charge in [0, 0.05) is 47.9 Å². The maximum atomic E-state index is 12.8. The number of aryl methyl sites for hydroxylation is 1. The molecule has 1 aliphatic heterocycles. The van der Waals surface area contributed by atoms with E-state index in [0.29, 0.717) is 22.0 Å². The largest absolute Gasteiger partial charge is 0.496 e. The molecule has 0 aliphatic carbocycles. The van der Waals surface area contributed by atoms with E-state index in [0.717, 1.165) is 59.0 Å². The van der Waals surface area contributed by atoms with Gasteiger partial charge < -0.3 is 15.0 Å². The van der Waals surface area contributed by atoms with Crippen molar-refractivity contribution in [2.75, 3.05) is 43.5 Å². The normalized spacial score (nSPS) is 13.8. The zero-order valence-electron chi connectivity index (χ0n) is 20.5. The Morgan fingerprint density at radius 3 is 2.46 bits per heavy atom. The van der Waals surface area contributed by atoms with E-state index in [1.165, 1.54) is 7.11 Å². The Hall–Kier alpha value is -2.36. The van der Waals surface area contributed by atoms with Gasteiger partial charge in [-0.3, -0.25) is 15.0 Å². The summed E-state index contributed by atoms with van der Waals surface area (Å²) in [7, 11) is 1.53. The number of amides is 1. The lowest BCUT2D eigenvalue weighted by Crippen LogP contribution is -2.46. The molecule has 1 saturated heterocycles. The number of nitrogens with zero attached hydrogens (tertiary/aromatic N) is 2. The van der Waals surface area contributed by atoms with Crippen molar-refractivity contribution in [3.8, 4) is 5.75 Å². The summed E-state index contributed by atoms with van der Waals surface area (Å²) in [6, 6.07) is 17.2. The van der Waals surface area contributed by atoms with Gasteiger partial charge in [-0.2, -0.15) is 0 Å². The third kappa shape index (κ3) is 6.94. The predicted octanol–water partition coefficient (Wildman–Crippen LogP) is 6.52. The first-order chi connectivity index (χ1) is 17.7. The Labute approximate surface area is 241 Å². The molecule has 10 heteroatoms. The summed E-state index contributed by atoms with van der Waals surface area (Å²) in [6.45, 7) is 6.25. The van der Waals surface area contributed by atoms with Gasteiger partial charge in [0.1, 0.15) is 5.75 Å². The molecule has 0 unspecified atom stereocenters. The lowest BCUT2D eigenvalue weighted by molar-refractivity contribution is 0.0974. The van der Waals surface area contributed by atoms with E-state index in [1.54, 1.807) is 6.07 Å². The van der Waals surface area contributed by atoms with Gasteiger partial charge in [0.25, 0.3) is 5.91 Å². The van der Waals surface area contributed by atoms with Crippen LogP contribution in [0.15, 0.2) is 59.1 Å². The van der Waals surface area contributed by atoms with E-state index in [1.807, 2.05) is 49.4 Å². The standard InChI is InChI=1S/C27H27BrCl2N4O2S/c1-17-13-19(28)14-21(25(17)36-2)26(35)32-27(37)31-20-7-8-24(23(30)15-20)34-11-9-33(10-12-34)16-18-5-3-4-6-22(18)29/h3-8,13-15H,9-12,16H2,1-2H3,(H2,31,32,35,37). The van der Waals surface area contributed by atoms with Crippen molar-refractivity contribution in [2.45, 2.75) is 13.5 Å². The molecule has 0 saturated carbocycles. The Kier molecular flexibility index (Phi) is 9.31. The molecule has 2 N–H and O–H groups in total. The van der Waals surface area contributed by atoms with Crippen molar-refractivity contribution in [1.82, 2.24) is 10.2 Å². The fraction of sp³-hybridized carbons (Fsp3) is 0.259. The van der Waals surface area contributed by atoms with Crippen molar-refractivity contribution in [2.24, 2.45) is 0 Å². The van der Waals surface area contributed by atoms with Crippen LogP contribution in [0.3, 0.4) is 0 Å². The Morgan fingerprint density at radius 2 is 1.78 bits per heavy atom. The van der Waals surface area contributed by atoms with Gasteiger partial charge in [0.15, 0.2) is 5.11 Å². The molecule has 1 fully saturated rings. The second kappa shape index (κ2) is 12.5. The molecule has 3 aromatic rings. The van der Waals surface area contributed by atoms with Crippen molar-refractivity contribution >= 4 is 73.7 Å². The third-order valence-corrected chi connectivity index (χ3v) is 7.52. The van der Waals surface area contributed by atoms with Gasteiger partial charge in [-0.15, -0.1) is 0 Å². The van der Waals surface area contributed by atoms with E-state index >= 15 is 0 Å². The van der Waals surface area contributed by atoms with E-state index in [-0.39, 0.29) is 11.0 Å². The molecule has 0 radical (unpaired) electrons. The van der Waals surface area contributed by atoms with Gasteiger partial charge in [-0.1, -0.05) is 57.3 Å². The quantitative estimate of drug-likeness (QED) is 0.306. The van der Waals surface area contributed by atoms with E-state index in [4.69, 9.17) is 40.2 Å². The number of methoxy groups -OCH3 is 1. The zero-order chi connectivity index (χ0) is 26.5. The number of rotatable bonds is 6. The van der Waals surface area contributed by atoms with Crippen LogP contribution < -0.4 is 20.3 Å². The summed E-state index contributed by atoms with van der Waals surface area (Å²) in [5, 5.41) is 7.34. The molecule has 0 aromatic heterocycles. The molecule has 37 heavy (non-hydrogen) atoms. The highest BCUT2D eigenvalue weighted by molar-refractivity contribution is 9.10. The van der Waals surface area contributed by atoms with Crippen LogP contribution in [-0.2, 0) is 6.54 Å². The lowest BCUT2D eigenvalue weighted by Gasteiger charge is -2.36. The number of carbonyl (C=O) groups excluding carboxylic acids is 1. The van der Waals surface area contributed by atoms with Crippen LogP contribution in [0.25, 0.3) is 0 Å². The summed E-state index contributed by atoms with van der Waals surface area (Å²) in [5.41, 5.74) is 4.03. The number of benzene rings is 3. The van der Waals surface area contributed by atoms with Gasteiger partial charge >= 0.3 is 0 Å². The van der Waals surface area contributed by atoms with Crippen molar-refractivity contribution in [3.05, 3.63) is 85.8 Å². The second-order valence-electron chi connectivity index (χ2n) is 8.73. The SMILES string of the molecule is COc1c(C)cc(Br)cc1C(=O)NC(=S)Nc1ccc(N2CCN(Cc3ccccc3Cl)CC2)c(Cl)c1. The molecule has 6 nitrogen and oxygen atoms in total. The predicted molar refractivity (Wildman–Crippen MR) is 160 cm³/mol. The van der Waals surface area contributed by atoms with Crippen LogP contribution >= 0.6 is 51.3 Å². The summed E-state index contributed by atoms with van der Waals surface area (Å²) in [5.74, 6) is 0.138. The van der Waals surface area contributed by atoms with E-state index in [2.05, 4.69) is 42.4 Å². The number of piperazine rings is 1.